The molecule has 136 valence electrons. The van der Waals surface area contributed by atoms with E-state index in [1.165, 1.54) is 0 Å². The Morgan fingerprint density at radius 2 is 1.65 bits per heavy atom. The van der Waals surface area contributed by atoms with Crippen LogP contribution in [-0.4, -0.2) is 24.6 Å². The summed E-state index contributed by atoms with van der Waals surface area (Å²) in [5, 5.41) is 8.06. The van der Waals surface area contributed by atoms with Gasteiger partial charge in [-0.3, -0.25) is 4.79 Å². The van der Waals surface area contributed by atoms with Crippen molar-refractivity contribution < 1.29 is 14.3 Å². The Morgan fingerprint density at radius 1 is 1.08 bits per heavy atom. The third-order valence-corrected chi connectivity index (χ3v) is 3.84. The zero-order chi connectivity index (χ0) is 18.9. The molecular weight excluding hydrogens is 398 g/mol. The number of rotatable bonds is 7. The van der Waals surface area contributed by atoms with Crippen LogP contribution < -0.4 is 20.7 Å². The minimum atomic E-state index is -0.654. The van der Waals surface area contributed by atoms with Gasteiger partial charge in [-0.15, -0.1) is 6.58 Å². The Morgan fingerprint density at radius 3 is 2.23 bits per heavy atom. The Labute approximate surface area is 160 Å². The number of anilines is 2. The number of carbonyl (C=O) groups excluding carboxylic acids is 2. The summed E-state index contributed by atoms with van der Waals surface area (Å²) in [5.41, 5.74) is 1.22. The zero-order valence-corrected chi connectivity index (χ0v) is 15.9. The molecule has 2 aromatic carbocycles. The molecule has 0 saturated carbocycles. The van der Waals surface area contributed by atoms with Crippen molar-refractivity contribution in [3.63, 3.8) is 0 Å². The monoisotopic (exact) mass is 417 g/mol. The highest BCUT2D eigenvalue weighted by molar-refractivity contribution is 9.10. The van der Waals surface area contributed by atoms with Gasteiger partial charge in [0.25, 0.3) is 5.91 Å². The maximum Gasteiger partial charge on any atom is 0.319 e. The summed E-state index contributed by atoms with van der Waals surface area (Å²) in [6, 6.07) is 13.7. The van der Waals surface area contributed by atoms with Gasteiger partial charge >= 0.3 is 6.03 Å². The molecule has 7 heteroatoms. The lowest BCUT2D eigenvalue weighted by Crippen LogP contribution is -2.30. The Bertz CT molecular complexity index is 761. The molecule has 1 atom stereocenters. The molecule has 0 aliphatic heterocycles. The highest BCUT2D eigenvalue weighted by Crippen LogP contribution is 2.18. The van der Waals surface area contributed by atoms with Gasteiger partial charge in [0.1, 0.15) is 5.75 Å². The molecular formula is C19H20BrN3O3. The van der Waals surface area contributed by atoms with E-state index in [9.17, 15) is 9.59 Å². The van der Waals surface area contributed by atoms with Crippen LogP contribution in [0, 0.1) is 0 Å². The summed E-state index contributed by atoms with van der Waals surface area (Å²) in [6.45, 7) is 5.59. The van der Waals surface area contributed by atoms with Crippen LogP contribution in [0.1, 0.15) is 6.92 Å². The first-order chi connectivity index (χ1) is 12.5. The molecule has 1 unspecified atom stereocenters. The van der Waals surface area contributed by atoms with Crippen LogP contribution in [0.15, 0.2) is 65.7 Å². The van der Waals surface area contributed by atoms with Crippen molar-refractivity contribution in [1.29, 1.82) is 0 Å². The predicted octanol–water partition coefficient (Wildman–Crippen LogP) is 4.16. The average Bonchev–Trinajstić information content (AvgIpc) is 2.63. The summed E-state index contributed by atoms with van der Waals surface area (Å²) in [7, 11) is 0. The molecule has 0 fully saturated rings. The number of hydrogen-bond donors (Lipinski definition) is 3. The molecule has 0 aliphatic carbocycles. The van der Waals surface area contributed by atoms with Crippen LogP contribution in [0.5, 0.6) is 5.75 Å². The van der Waals surface area contributed by atoms with Gasteiger partial charge in [0.2, 0.25) is 0 Å². The number of nitrogens with one attached hydrogen (secondary N) is 3. The predicted molar refractivity (Wildman–Crippen MR) is 107 cm³/mol. The zero-order valence-electron chi connectivity index (χ0n) is 14.3. The van der Waals surface area contributed by atoms with Crippen molar-refractivity contribution in [2.75, 3.05) is 17.2 Å². The van der Waals surface area contributed by atoms with E-state index in [-0.39, 0.29) is 11.9 Å². The fourth-order valence-corrected chi connectivity index (χ4v) is 2.26. The fourth-order valence-electron chi connectivity index (χ4n) is 1.99. The standard InChI is InChI=1S/C19H20BrN3O3/c1-3-12-21-19(25)23-16-8-6-15(7-9-16)22-18(24)13(2)26-17-10-4-14(20)5-11-17/h3-11,13H,1,12H2,2H3,(H,22,24)(H2,21,23,25). The molecule has 2 rings (SSSR count). The van der Waals surface area contributed by atoms with E-state index in [0.717, 1.165) is 4.47 Å². The smallest absolute Gasteiger partial charge is 0.319 e. The Kier molecular flexibility index (Phi) is 7.23. The highest BCUT2D eigenvalue weighted by atomic mass is 79.9. The third kappa shape index (κ3) is 6.25. The van der Waals surface area contributed by atoms with Crippen molar-refractivity contribution >= 4 is 39.2 Å². The van der Waals surface area contributed by atoms with Crippen molar-refractivity contribution in [2.45, 2.75) is 13.0 Å². The fraction of sp³-hybridized carbons (Fsp3) is 0.158. The topological polar surface area (TPSA) is 79.5 Å². The third-order valence-electron chi connectivity index (χ3n) is 3.31. The summed E-state index contributed by atoms with van der Waals surface area (Å²) < 4.78 is 6.55. The first-order valence-electron chi connectivity index (χ1n) is 7.97. The molecule has 0 heterocycles. The quantitative estimate of drug-likeness (QED) is 0.591. The lowest BCUT2D eigenvalue weighted by atomic mass is 10.2. The largest absolute Gasteiger partial charge is 0.481 e. The lowest BCUT2D eigenvalue weighted by molar-refractivity contribution is -0.122. The molecule has 26 heavy (non-hydrogen) atoms. The van der Waals surface area contributed by atoms with Gasteiger partial charge < -0.3 is 20.7 Å². The van der Waals surface area contributed by atoms with Gasteiger partial charge in [-0.2, -0.15) is 0 Å². The van der Waals surface area contributed by atoms with Gasteiger partial charge in [-0.25, -0.2) is 4.79 Å². The highest BCUT2D eigenvalue weighted by Gasteiger charge is 2.15. The van der Waals surface area contributed by atoms with Crippen molar-refractivity contribution in [3.05, 3.63) is 65.7 Å². The van der Waals surface area contributed by atoms with Gasteiger partial charge in [0.05, 0.1) is 0 Å². The Hall–Kier alpha value is -2.80. The van der Waals surface area contributed by atoms with Gasteiger partial charge in [0, 0.05) is 22.4 Å². The van der Waals surface area contributed by atoms with Gasteiger partial charge in [0.15, 0.2) is 6.10 Å². The summed E-state index contributed by atoms with van der Waals surface area (Å²) >= 11 is 3.35. The minimum absolute atomic E-state index is 0.266. The van der Waals surface area contributed by atoms with Crippen LogP contribution in [0.2, 0.25) is 0 Å². The second kappa shape index (κ2) is 9.62. The number of hydrogen-bond acceptors (Lipinski definition) is 3. The van der Waals surface area contributed by atoms with Crippen LogP contribution in [0.3, 0.4) is 0 Å². The second-order valence-electron chi connectivity index (χ2n) is 5.40. The summed E-state index contributed by atoms with van der Waals surface area (Å²) in [6.07, 6.45) is 0.939. The van der Waals surface area contributed by atoms with Crippen LogP contribution in [-0.2, 0) is 4.79 Å². The molecule has 2 aromatic rings. The molecule has 3 amide bonds. The van der Waals surface area contributed by atoms with Crippen LogP contribution >= 0.6 is 15.9 Å². The van der Waals surface area contributed by atoms with E-state index < -0.39 is 6.10 Å². The van der Waals surface area contributed by atoms with Crippen molar-refractivity contribution in [3.8, 4) is 5.75 Å². The number of urea groups is 1. The number of ether oxygens (including phenoxy) is 1. The lowest BCUT2D eigenvalue weighted by Gasteiger charge is -2.15. The first-order valence-corrected chi connectivity index (χ1v) is 8.76. The molecule has 3 N–H and O–H groups in total. The number of carbonyl (C=O) groups is 2. The molecule has 0 aliphatic rings. The molecule has 0 radical (unpaired) electrons. The maximum absolute atomic E-state index is 12.2. The number of amides is 3. The second-order valence-corrected chi connectivity index (χ2v) is 6.32. The van der Waals surface area contributed by atoms with E-state index in [2.05, 4.69) is 38.5 Å². The average molecular weight is 418 g/mol. The van der Waals surface area contributed by atoms with Crippen molar-refractivity contribution in [1.82, 2.24) is 5.32 Å². The number of halogens is 1. The van der Waals surface area contributed by atoms with E-state index in [1.807, 2.05) is 12.1 Å². The summed E-state index contributed by atoms with van der Waals surface area (Å²) in [5.74, 6) is 0.346. The molecule has 0 bridgehead atoms. The minimum Gasteiger partial charge on any atom is -0.481 e. The molecule has 0 saturated heterocycles. The number of benzene rings is 2. The molecule has 0 spiro atoms. The molecule has 0 aromatic heterocycles. The van der Waals surface area contributed by atoms with E-state index in [0.29, 0.717) is 23.7 Å². The van der Waals surface area contributed by atoms with E-state index in [1.54, 1.807) is 49.4 Å². The summed E-state index contributed by atoms with van der Waals surface area (Å²) in [4.78, 5) is 23.8. The Balaban J connectivity index is 1.87. The SMILES string of the molecule is C=CCNC(=O)Nc1ccc(NC(=O)C(C)Oc2ccc(Br)cc2)cc1. The van der Waals surface area contributed by atoms with Crippen LogP contribution in [0.4, 0.5) is 16.2 Å². The maximum atomic E-state index is 12.2. The van der Waals surface area contributed by atoms with Gasteiger partial charge in [-0.05, 0) is 55.5 Å². The molecule has 6 nitrogen and oxygen atoms in total. The van der Waals surface area contributed by atoms with Gasteiger partial charge in [-0.1, -0.05) is 22.0 Å². The van der Waals surface area contributed by atoms with Crippen molar-refractivity contribution in [2.24, 2.45) is 0 Å². The first kappa shape index (κ1) is 19.5. The normalized spacial score (nSPS) is 11.2. The van der Waals surface area contributed by atoms with Crippen LogP contribution in [0.25, 0.3) is 0 Å². The van der Waals surface area contributed by atoms with E-state index in [4.69, 9.17) is 4.74 Å². The van der Waals surface area contributed by atoms with E-state index >= 15 is 0 Å².